The first kappa shape index (κ1) is 18.1. The van der Waals surface area contributed by atoms with Crippen molar-refractivity contribution in [2.75, 3.05) is 23.0 Å². The first-order valence-corrected chi connectivity index (χ1v) is 10.1. The van der Waals surface area contributed by atoms with Gasteiger partial charge in [0.15, 0.2) is 22.7 Å². The Labute approximate surface area is 152 Å². The number of nitrogens with zero attached hydrogens (tertiary/aromatic N) is 1. The molecule has 0 bridgehead atoms. The Morgan fingerprint density at radius 2 is 1.81 bits per heavy atom. The summed E-state index contributed by atoms with van der Waals surface area (Å²) >= 11 is 0. The molecule has 3 rings (SSSR count). The molecule has 0 saturated carbocycles. The van der Waals surface area contributed by atoms with E-state index in [1.54, 1.807) is 48.5 Å². The first-order valence-electron chi connectivity index (χ1n) is 8.25. The van der Waals surface area contributed by atoms with Gasteiger partial charge in [0.25, 0.3) is 5.91 Å². The van der Waals surface area contributed by atoms with E-state index in [0.29, 0.717) is 29.7 Å². The molecule has 2 aromatic rings. The second-order valence-corrected chi connectivity index (χ2v) is 8.33. The molecule has 1 atom stereocenters. The Morgan fingerprint density at radius 1 is 1.12 bits per heavy atom. The minimum Gasteiger partial charge on any atom is -0.483 e. The molecule has 6 nitrogen and oxygen atoms in total. The Bertz CT molecular complexity index is 895. The van der Waals surface area contributed by atoms with Crippen LogP contribution in [0.25, 0.3) is 0 Å². The van der Waals surface area contributed by atoms with Crippen molar-refractivity contribution in [1.29, 1.82) is 0 Å². The third-order valence-electron chi connectivity index (χ3n) is 4.27. The Hall–Kier alpha value is -2.67. The highest BCUT2D eigenvalue weighted by atomic mass is 32.2. The van der Waals surface area contributed by atoms with Crippen molar-refractivity contribution in [3.63, 3.8) is 0 Å². The average Bonchev–Trinajstić information content (AvgIpc) is 3.00. The number of ether oxygens (including phenoxy) is 1. The van der Waals surface area contributed by atoms with Crippen LogP contribution in [0.2, 0.25) is 0 Å². The number of amides is 1. The molecular formula is C19H19NO5S. The molecule has 26 heavy (non-hydrogen) atoms. The zero-order valence-corrected chi connectivity index (χ0v) is 14.9. The van der Waals surface area contributed by atoms with Crippen LogP contribution in [0.1, 0.15) is 16.8 Å². The third-order valence-corrected chi connectivity index (χ3v) is 6.02. The van der Waals surface area contributed by atoms with Crippen LogP contribution >= 0.6 is 0 Å². The number of carbonyl (C=O) groups excluding carboxylic acids is 2. The Morgan fingerprint density at radius 3 is 2.46 bits per heavy atom. The minimum absolute atomic E-state index is 0.0570. The largest absolute Gasteiger partial charge is 0.483 e. The highest BCUT2D eigenvalue weighted by Crippen LogP contribution is 2.25. The van der Waals surface area contributed by atoms with Crippen LogP contribution in [0.5, 0.6) is 5.75 Å². The summed E-state index contributed by atoms with van der Waals surface area (Å²) in [5, 5.41) is 0. The quantitative estimate of drug-likeness (QED) is 0.725. The van der Waals surface area contributed by atoms with Crippen molar-refractivity contribution in [2.24, 2.45) is 0 Å². The summed E-state index contributed by atoms with van der Waals surface area (Å²) in [5.74, 6) is -0.0105. The zero-order valence-electron chi connectivity index (χ0n) is 14.1. The van der Waals surface area contributed by atoms with Crippen molar-refractivity contribution in [3.8, 4) is 5.75 Å². The molecule has 1 fully saturated rings. The summed E-state index contributed by atoms with van der Waals surface area (Å²) in [6.07, 6.45) is 1.06. The lowest BCUT2D eigenvalue weighted by molar-refractivity contribution is -0.121. The van der Waals surface area contributed by atoms with Crippen molar-refractivity contribution in [1.82, 2.24) is 0 Å². The smallest absolute Gasteiger partial charge is 0.265 e. The van der Waals surface area contributed by atoms with Crippen molar-refractivity contribution in [2.45, 2.75) is 12.5 Å². The van der Waals surface area contributed by atoms with Gasteiger partial charge in [0.2, 0.25) is 0 Å². The Kier molecular flexibility index (Phi) is 5.37. The predicted octanol–water partition coefficient (Wildman–Crippen LogP) is 2.10. The van der Waals surface area contributed by atoms with E-state index in [0.717, 1.165) is 0 Å². The topological polar surface area (TPSA) is 80.8 Å². The van der Waals surface area contributed by atoms with Crippen LogP contribution in [0.4, 0.5) is 5.69 Å². The standard InChI is InChI=1S/C19H19NO5S/c21-12-15-6-4-5-9-18(15)25-13-19(22)20(16-7-2-1-3-8-16)17-10-11-26(23,24)14-17/h1-9,12,17H,10-11,13-14H2/t17-/m0/s1. The molecule has 0 spiro atoms. The molecule has 0 aliphatic carbocycles. The molecule has 1 amide bonds. The molecule has 7 heteroatoms. The van der Waals surface area contributed by atoms with E-state index in [4.69, 9.17) is 4.74 Å². The van der Waals surface area contributed by atoms with Crippen LogP contribution in [0.3, 0.4) is 0 Å². The maximum absolute atomic E-state index is 12.8. The van der Waals surface area contributed by atoms with Gasteiger partial charge >= 0.3 is 0 Å². The van der Waals surface area contributed by atoms with Crippen LogP contribution < -0.4 is 9.64 Å². The number of carbonyl (C=O) groups is 2. The van der Waals surface area contributed by atoms with E-state index in [9.17, 15) is 18.0 Å². The number of aldehydes is 1. The Balaban J connectivity index is 1.80. The van der Waals surface area contributed by atoms with Gasteiger partial charge in [0.05, 0.1) is 23.1 Å². The summed E-state index contributed by atoms with van der Waals surface area (Å²) in [6, 6.07) is 15.2. The fourth-order valence-electron chi connectivity index (χ4n) is 3.04. The summed E-state index contributed by atoms with van der Waals surface area (Å²) in [5.41, 5.74) is 0.988. The van der Waals surface area contributed by atoms with Crippen LogP contribution in [-0.4, -0.2) is 44.8 Å². The molecule has 0 unspecified atom stereocenters. The van der Waals surface area contributed by atoms with E-state index in [2.05, 4.69) is 0 Å². The zero-order chi connectivity index (χ0) is 18.6. The highest BCUT2D eigenvalue weighted by Gasteiger charge is 2.35. The highest BCUT2D eigenvalue weighted by molar-refractivity contribution is 7.91. The van der Waals surface area contributed by atoms with E-state index >= 15 is 0 Å². The molecule has 2 aromatic carbocycles. The predicted molar refractivity (Wildman–Crippen MR) is 98.3 cm³/mol. The third kappa shape index (κ3) is 4.11. The molecule has 0 radical (unpaired) electrons. The van der Waals surface area contributed by atoms with Crippen molar-refractivity contribution in [3.05, 3.63) is 60.2 Å². The fourth-order valence-corrected chi connectivity index (χ4v) is 4.74. The van der Waals surface area contributed by atoms with Crippen LogP contribution in [0.15, 0.2) is 54.6 Å². The van der Waals surface area contributed by atoms with Gasteiger partial charge in [0.1, 0.15) is 5.75 Å². The summed E-state index contributed by atoms with van der Waals surface area (Å²) in [4.78, 5) is 25.4. The SMILES string of the molecule is O=Cc1ccccc1OCC(=O)N(c1ccccc1)[C@H]1CCS(=O)(=O)C1. The fraction of sp³-hybridized carbons (Fsp3) is 0.263. The van der Waals surface area contributed by atoms with Crippen LogP contribution in [-0.2, 0) is 14.6 Å². The number of hydrogen-bond acceptors (Lipinski definition) is 5. The summed E-state index contributed by atoms with van der Waals surface area (Å²) in [7, 11) is -3.14. The van der Waals surface area contributed by atoms with Gasteiger partial charge in [0, 0.05) is 5.69 Å². The lowest BCUT2D eigenvalue weighted by Crippen LogP contribution is -2.43. The maximum Gasteiger partial charge on any atom is 0.265 e. The monoisotopic (exact) mass is 373 g/mol. The molecule has 136 valence electrons. The molecule has 0 N–H and O–H groups in total. The first-order chi connectivity index (χ1) is 12.5. The summed E-state index contributed by atoms with van der Waals surface area (Å²) in [6.45, 7) is -0.281. The molecule has 1 aliphatic heterocycles. The lowest BCUT2D eigenvalue weighted by Gasteiger charge is -2.28. The van der Waals surface area contributed by atoms with Gasteiger partial charge < -0.3 is 9.64 Å². The van der Waals surface area contributed by atoms with Gasteiger partial charge in [-0.2, -0.15) is 0 Å². The maximum atomic E-state index is 12.8. The van der Waals surface area contributed by atoms with E-state index < -0.39 is 15.9 Å². The molecule has 1 aliphatic rings. The second-order valence-electron chi connectivity index (χ2n) is 6.10. The van der Waals surface area contributed by atoms with Crippen molar-refractivity contribution >= 4 is 27.7 Å². The number of anilines is 1. The summed E-state index contributed by atoms with van der Waals surface area (Å²) < 4.78 is 29.2. The van der Waals surface area contributed by atoms with E-state index in [1.165, 1.54) is 4.90 Å². The van der Waals surface area contributed by atoms with Gasteiger partial charge in [-0.1, -0.05) is 30.3 Å². The number of rotatable bonds is 6. The van der Waals surface area contributed by atoms with Gasteiger partial charge in [-0.15, -0.1) is 0 Å². The van der Waals surface area contributed by atoms with Crippen LogP contribution in [0, 0.1) is 0 Å². The van der Waals surface area contributed by atoms with E-state index in [-0.39, 0.29) is 24.0 Å². The number of benzene rings is 2. The van der Waals surface area contributed by atoms with Gasteiger partial charge in [-0.05, 0) is 30.7 Å². The minimum atomic E-state index is -3.14. The average molecular weight is 373 g/mol. The molecular weight excluding hydrogens is 354 g/mol. The number of para-hydroxylation sites is 2. The number of sulfone groups is 1. The van der Waals surface area contributed by atoms with Gasteiger partial charge in [-0.25, -0.2) is 8.42 Å². The van der Waals surface area contributed by atoms with Crippen molar-refractivity contribution < 1.29 is 22.7 Å². The van der Waals surface area contributed by atoms with E-state index in [1.807, 2.05) is 6.07 Å². The number of hydrogen-bond donors (Lipinski definition) is 0. The second kappa shape index (κ2) is 7.70. The molecule has 0 aromatic heterocycles. The molecule has 1 saturated heterocycles. The molecule has 1 heterocycles. The normalized spacial score (nSPS) is 18.2. The lowest BCUT2D eigenvalue weighted by atomic mass is 10.2. The van der Waals surface area contributed by atoms with Gasteiger partial charge in [-0.3, -0.25) is 9.59 Å².